The molecule has 100 valence electrons. The van der Waals surface area contributed by atoms with E-state index in [2.05, 4.69) is 5.32 Å². The third-order valence-electron chi connectivity index (χ3n) is 4.31. The molecule has 2 fully saturated rings. The lowest BCUT2D eigenvalue weighted by Crippen LogP contribution is -2.35. The third-order valence-corrected chi connectivity index (χ3v) is 4.31. The number of hydrogen-bond donors (Lipinski definition) is 1. The first kappa shape index (κ1) is 13.3. The molecule has 0 aliphatic heterocycles. The van der Waals surface area contributed by atoms with E-state index in [0.29, 0.717) is 0 Å². The molecule has 3 nitrogen and oxygen atoms in total. The van der Waals surface area contributed by atoms with Crippen LogP contribution in [-0.4, -0.2) is 32.6 Å². The third kappa shape index (κ3) is 3.67. The molecule has 0 aromatic carbocycles. The molecule has 0 aromatic heterocycles. The maximum Gasteiger partial charge on any atom is 0.169 e. The Labute approximate surface area is 105 Å². The van der Waals surface area contributed by atoms with Crippen LogP contribution in [0, 0.1) is 17.8 Å². The molecule has 17 heavy (non-hydrogen) atoms. The van der Waals surface area contributed by atoms with Crippen molar-refractivity contribution < 1.29 is 9.47 Å². The van der Waals surface area contributed by atoms with E-state index < -0.39 is 0 Å². The normalized spacial score (nSPS) is 31.6. The standard InChI is InChI=1S/C14H27NO2/c1-3-16-14(17-4-2)10-15-9-13-8-11-5-6-12(13)7-11/h11-15H,3-10H2,1-2H3. The minimum Gasteiger partial charge on any atom is -0.352 e. The smallest absolute Gasteiger partial charge is 0.169 e. The number of fused-ring (bicyclic) bond motifs is 2. The fourth-order valence-corrected chi connectivity index (χ4v) is 3.55. The Morgan fingerprint density at radius 2 is 1.88 bits per heavy atom. The van der Waals surface area contributed by atoms with Gasteiger partial charge in [0.1, 0.15) is 0 Å². The van der Waals surface area contributed by atoms with Gasteiger partial charge in [-0.2, -0.15) is 0 Å². The minimum absolute atomic E-state index is 0.0661. The molecule has 0 saturated heterocycles. The van der Waals surface area contributed by atoms with Gasteiger partial charge in [-0.05, 0) is 57.4 Å². The maximum absolute atomic E-state index is 5.52. The average Bonchev–Trinajstić information content (AvgIpc) is 2.91. The Morgan fingerprint density at radius 1 is 1.12 bits per heavy atom. The van der Waals surface area contributed by atoms with Crippen LogP contribution < -0.4 is 5.32 Å². The van der Waals surface area contributed by atoms with Crippen LogP contribution in [0.3, 0.4) is 0 Å². The monoisotopic (exact) mass is 241 g/mol. The average molecular weight is 241 g/mol. The second kappa shape index (κ2) is 6.72. The van der Waals surface area contributed by atoms with Gasteiger partial charge in [-0.15, -0.1) is 0 Å². The summed E-state index contributed by atoms with van der Waals surface area (Å²) >= 11 is 0. The van der Waals surface area contributed by atoms with Gasteiger partial charge in [0.2, 0.25) is 0 Å². The van der Waals surface area contributed by atoms with Crippen LogP contribution in [-0.2, 0) is 9.47 Å². The molecule has 0 aromatic rings. The van der Waals surface area contributed by atoms with Crippen molar-refractivity contribution in [1.29, 1.82) is 0 Å². The molecule has 0 radical (unpaired) electrons. The van der Waals surface area contributed by atoms with Crippen LogP contribution in [0.5, 0.6) is 0 Å². The molecular weight excluding hydrogens is 214 g/mol. The minimum atomic E-state index is -0.0661. The first-order valence-electron chi connectivity index (χ1n) is 7.27. The zero-order valence-corrected chi connectivity index (χ0v) is 11.3. The molecule has 3 heteroatoms. The van der Waals surface area contributed by atoms with E-state index in [4.69, 9.17) is 9.47 Å². The maximum atomic E-state index is 5.52. The Hall–Kier alpha value is -0.120. The molecule has 0 amide bonds. The molecule has 0 spiro atoms. The van der Waals surface area contributed by atoms with E-state index in [1.807, 2.05) is 13.8 Å². The molecule has 0 heterocycles. The number of ether oxygens (including phenoxy) is 2. The van der Waals surface area contributed by atoms with Gasteiger partial charge < -0.3 is 14.8 Å². The molecule has 2 bridgehead atoms. The van der Waals surface area contributed by atoms with Crippen molar-refractivity contribution in [2.75, 3.05) is 26.3 Å². The van der Waals surface area contributed by atoms with Gasteiger partial charge in [-0.3, -0.25) is 0 Å². The number of hydrogen-bond acceptors (Lipinski definition) is 3. The highest BCUT2D eigenvalue weighted by Gasteiger charge is 2.38. The SMILES string of the molecule is CCOC(CNCC1CC2CCC1C2)OCC. The van der Waals surface area contributed by atoms with Crippen molar-refractivity contribution in [2.45, 2.75) is 45.8 Å². The summed E-state index contributed by atoms with van der Waals surface area (Å²) in [5.74, 6) is 2.96. The summed E-state index contributed by atoms with van der Waals surface area (Å²) in [4.78, 5) is 0. The summed E-state index contributed by atoms with van der Waals surface area (Å²) < 4.78 is 11.0. The highest BCUT2D eigenvalue weighted by Crippen LogP contribution is 2.47. The first-order valence-corrected chi connectivity index (χ1v) is 7.27. The molecular formula is C14H27NO2. The van der Waals surface area contributed by atoms with Crippen molar-refractivity contribution in [3.05, 3.63) is 0 Å². The summed E-state index contributed by atoms with van der Waals surface area (Å²) in [5, 5.41) is 3.53. The van der Waals surface area contributed by atoms with Crippen molar-refractivity contribution in [1.82, 2.24) is 5.32 Å². The second-order valence-electron chi connectivity index (χ2n) is 5.43. The number of nitrogens with one attached hydrogen (secondary N) is 1. The zero-order valence-electron chi connectivity index (χ0n) is 11.3. The van der Waals surface area contributed by atoms with Crippen molar-refractivity contribution >= 4 is 0 Å². The van der Waals surface area contributed by atoms with Gasteiger partial charge in [0.05, 0.1) is 0 Å². The summed E-state index contributed by atoms with van der Waals surface area (Å²) in [6.45, 7) is 7.46. The molecule has 2 aliphatic rings. The van der Waals surface area contributed by atoms with E-state index >= 15 is 0 Å². The van der Waals surface area contributed by atoms with Crippen molar-refractivity contribution in [2.24, 2.45) is 17.8 Å². The first-order chi connectivity index (χ1) is 8.33. The molecule has 2 saturated carbocycles. The van der Waals surface area contributed by atoms with E-state index in [-0.39, 0.29) is 6.29 Å². The number of rotatable bonds is 8. The largest absolute Gasteiger partial charge is 0.352 e. The molecule has 1 N–H and O–H groups in total. The summed E-state index contributed by atoms with van der Waals surface area (Å²) in [7, 11) is 0. The Balaban J connectivity index is 1.61. The second-order valence-corrected chi connectivity index (χ2v) is 5.43. The van der Waals surface area contributed by atoms with E-state index in [1.165, 1.54) is 25.7 Å². The van der Waals surface area contributed by atoms with Crippen LogP contribution in [0.15, 0.2) is 0 Å². The van der Waals surface area contributed by atoms with Crippen LogP contribution >= 0.6 is 0 Å². The molecule has 3 unspecified atom stereocenters. The van der Waals surface area contributed by atoms with E-state index in [0.717, 1.165) is 44.1 Å². The van der Waals surface area contributed by atoms with Gasteiger partial charge >= 0.3 is 0 Å². The van der Waals surface area contributed by atoms with Gasteiger partial charge in [0.25, 0.3) is 0 Å². The highest BCUT2D eigenvalue weighted by atomic mass is 16.7. The Kier molecular flexibility index (Phi) is 5.26. The quantitative estimate of drug-likeness (QED) is 0.662. The van der Waals surface area contributed by atoms with E-state index in [1.54, 1.807) is 0 Å². The van der Waals surface area contributed by atoms with Gasteiger partial charge in [0, 0.05) is 19.8 Å². The van der Waals surface area contributed by atoms with Crippen LogP contribution in [0.2, 0.25) is 0 Å². The van der Waals surface area contributed by atoms with Crippen LogP contribution in [0.1, 0.15) is 39.5 Å². The van der Waals surface area contributed by atoms with Crippen molar-refractivity contribution in [3.8, 4) is 0 Å². The van der Waals surface area contributed by atoms with Gasteiger partial charge in [0.15, 0.2) is 6.29 Å². The molecule has 2 rings (SSSR count). The Bertz CT molecular complexity index is 216. The lowest BCUT2D eigenvalue weighted by Gasteiger charge is -2.23. The predicted molar refractivity (Wildman–Crippen MR) is 68.8 cm³/mol. The highest BCUT2D eigenvalue weighted by molar-refractivity contribution is 4.90. The predicted octanol–water partition coefficient (Wildman–Crippen LogP) is 2.41. The fraction of sp³-hybridized carbons (Fsp3) is 1.00. The van der Waals surface area contributed by atoms with E-state index in [9.17, 15) is 0 Å². The fourth-order valence-electron chi connectivity index (χ4n) is 3.55. The van der Waals surface area contributed by atoms with Crippen LogP contribution in [0.25, 0.3) is 0 Å². The van der Waals surface area contributed by atoms with Gasteiger partial charge in [-0.1, -0.05) is 6.42 Å². The molecule has 3 atom stereocenters. The van der Waals surface area contributed by atoms with Crippen LogP contribution in [0.4, 0.5) is 0 Å². The molecule has 2 aliphatic carbocycles. The summed E-state index contributed by atoms with van der Waals surface area (Å²) in [5.41, 5.74) is 0. The van der Waals surface area contributed by atoms with Gasteiger partial charge in [-0.25, -0.2) is 0 Å². The zero-order chi connectivity index (χ0) is 12.1. The topological polar surface area (TPSA) is 30.5 Å². The lowest BCUT2D eigenvalue weighted by molar-refractivity contribution is -0.133. The summed E-state index contributed by atoms with van der Waals surface area (Å²) in [6.07, 6.45) is 5.83. The lowest BCUT2D eigenvalue weighted by atomic mass is 9.89. The Morgan fingerprint density at radius 3 is 2.41 bits per heavy atom. The summed E-state index contributed by atoms with van der Waals surface area (Å²) in [6, 6.07) is 0. The van der Waals surface area contributed by atoms with Crippen molar-refractivity contribution in [3.63, 3.8) is 0 Å².